The molecule has 2 aliphatic carbocycles. The SMILES string of the molecule is O=C(Nc1cccc(COCC2CC2)c1)C1CC1c1ccccc1Cl. The van der Waals surface area contributed by atoms with Crippen LogP contribution in [0.1, 0.15) is 36.3 Å². The minimum absolute atomic E-state index is 0.00896. The van der Waals surface area contributed by atoms with Gasteiger partial charge in [0.2, 0.25) is 5.91 Å². The van der Waals surface area contributed by atoms with Crippen molar-refractivity contribution in [3.8, 4) is 0 Å². The smallest absolute Gasteiger partial charge is 0.228 e. The first-order valence-electron chi connectivity index (χ1n) is 8.92. The number of carbonyl (C=O) groups excluding carboxylic acids is 1. The van der Waals surface area contributed by atoms with Gasteiger partial charge in [0.1, 0.15) is 0 Å². The Morgan fingerprint density at radius 3 is 2.80 bits per heavy atom. The maximum atomic E-state index is 12.5. The molecule has 2 unspecified atom stereocenters. The van der Waals surface area contributed by atoms with Crippen molar-refractivity contribution in [2.75, 3.05) is 11.9 Å². The van der Waals surface area contributed by atoms with E-state index in [0.29, 0.717) is 6.61 Å². The van der Waals surface area contributed by atoms with Crippen LogP contribution >= 0.6 is 11.6 Å². The van der Waals surface area contributed by atoms with Crippen molar-refractivity contribution in [3.63, 3.8) is 0 Å². The highest BCUT2D eigenvalue weighted by Crippen LogP contribution is 2.50. The van der Waals surface area contributed by atoms with Crippen molar-refractivity contribution in [3.05, 3.63) is 64.7 Å². The van der Waals surface area contributed by atoms with Gasteiger partial charge < -0.3 is 10.1 Å². The van der Waals surface area contributed by atoms with Crippen LogP contribution in [0.15, 0.2) is 48.5 Å². The summed E-state index contributed by atoms with van der Waals surface area (Å²) in [6.07, 6.45) is 3.45. The number of nitrogens with one attached hydrogen (secondary N) is 1. The molecule has 0 saturated heterocycles. The lowest BCUT2D eigenvalue weighted by molar-refractivity contribution is -0.117. The van der Waals surface area contributed by atoms with Gasteiger partial charge in [-0.3, -0.25) is 4.79 Å². The maximum Gasteiger partial charge on any atom is 0.228 e. The lowest BCUT2D eigenvalue weighted by atomic mass is 10.1. The predicted molar refractivity (Wildman–Crippen MR) is 99.8 cm³/mol. The molecule has 0 spiro atoms. The van der Waals surface area contributed by atoms with Crippen molar-refractivity contribution < 1.29 is 9.53 Å². The van der Waals surface area contributed by atoms with E-state index < -0.39 is 0 Å². The lowest BCUT2D eigenvalue weighted by Crippen LogP contribution is -2.14. The molecule has 0 bridgehead atoms. The van der Waals surface area contributed by atoms with E-state index >= 15 is 0 Å². The standard InChI is InChI=1S/C21H22ClNO2/c22-20-7-2-1-6-17(20)18-11-19(18)21(24)23-16-5-3-4-15(10-16)13-25-12-14-8-9-14/h1-7,10,14,18-19H,8-9,11-13H2,(H,23,24). The molecular formula is C21H22ClNO2. The number of anilines is 1. The minimum atomic E-state index is 0.00896. The average Bonchev–Trinajstić information content (AvgIpc) is 3.50. The fourth-order valence-electron chi connectivity index (χ4n) is 3.21. The zero-order chi connectivity index (χ0) is 17.2. The zero-order valence-electron chi connectivity index (χ0n) is 14.1. The number of amides is 1. The summed E-state index contributed by atoms with van der Waals surface area (Å²) in [6, 6.07) is 15.7. The van der Waals surface area contributed by atoms with E-state index in [1.165, 1.54) is 12.8 Å². The molecule has 0 aromatic heterocycles. The van der Waals surface area contributed by atoms with Crippen molar-refractivity contribution in [1.82, 2.24) is 0 Å². The summed E-state index contributed by atoms with van der Waals surface area (Å²) in [7, 11) is 0. The molecule has 4 heteroatoms. The fourth-order valence-corrected chi connectivity index (χ4v) is 3.48. The van der Waals surface area contributed by atoms with Crippen LogP contribution in [0.5, 0.6) is 0 Å². The van der Waals surface area contributed by atoms with Crippen LogP contribution in [0, 0.1) is 11.8 Å². The molecular weight excluding hydrogens is 334 g/mol. The number of rotatable bonds is 7. The van der Waals surface area contributed by atoms with E-state index in [0.717, 1.165) is 40.8 Å². The Hall–Kier alpha value is -1.84. The third-order valence-corrected chi connectivity index (χ3v) is 5.29. The average molecular weight is 356 g/mol. The van der Waals surface area contributed by atoms with E-state index in [4.69, 9.17) is 16.3 Å². The van der Waals surface area contributed by atoms with Crippen molar-refractivity contribution in [1.29, 1.82) is 0 Å². The second-order valence-electron chi connectivity index (χ2n) is 7.12. The van der Waals surface area contributed by atoms with Gasteiger partial charge in [0, 0.05) is 23.2 Å². The summed E-state index contributed by atoms with van der Waals surface area (Å²) in [5, 5.41) is 3.79. The van der Waals surface area contributed by atoms with Gasteiger partial charge in [0.25, 0.3) is 0 Å². The molecule has 1 amide bonds. The van der Waals surface area contributed by atoms with E-state index in [2.05, 4.69) is 5.32 Å². The van der Waals surface area contributed by atoms with E-state index in [1.54, 1.807) is 0 Å². The second-order valence-corrected chi connectivity index (χ2v) is 7.53. The Morgan fingerprint density at radius 2 is 2.00 bits per heavy atom. The molecule has 130 valence electrons. The van der Waals surface area contributed by atoms with Gasteiger partial charge in [-0.25, -0.2) is 0 Å². The van der Waals surface area contributed by atoms with Gasteiger partial charge in [-0.15, -0.1) is 0 Å². The molecule has 2 aromatic carbocycles. The van der Waals surface area contributed by atoms with Gasteiger partial charge in [-0.1, -0.05) is 41.9 Å². The van der Waals surface area contributed by atoms with Crippen LogP contribution in [0.4, 0.5) is 5.69 Å². The van der Waals surface area contributed by atoms with Gasteiger partial charge in [0.15, 0.2) is 0 Å². The maximum absolute atomic E-state index is 12.5. The van der Waals surface area contributed by atoms with Crippen LogP contribution in [-0.4, -0.2) is 12.5 Å². The number of halogens is 1. The van der Waals surface area contributed by atoms with Gasteiger partial charge in [-0.05, 0) is 60.4 Å². The highest BCUT2D eigenvalue weighted by Gasteiger charge is 2.44. The van der Waals surface area contributed by atoms with E-state index in [9.17, 15) is 4.79 Å². The molecule has 2 saturated carbocycles. The first-order chi connectivity index (χ1) is 12.2. The highest BCUT2D eigenvalue weighted by atomic mass is 35.5. The van der Waals surface area contributed by atoms with Crippen LogP contribution < -0.4 is 5.32 Å². The first kappa shape index (κ1) is 16.6. The summed E-state index contributed by atoms with van der Waals surface area (Å²) in [4.78, 5) is 12.5. The molecule has 25 heavy (non-hydrogen) atoms. The van der Waals surface area contributed by atoms with Crippen LogP contribution in [0.3, 0.4) is 0 Å². The Morgan fingerprint density at radius 1 is 1.16 bits per heavy atom. The summed E-state index contributed by atoms with van der Waals surface area (Å²) >= 11 is 6.24. The van der Waals surface area contributed by atoms with Gasteiger partial charge in [-0.2, -0.15) is 0 Å². The molecule has 2 aliphatic rings. The van der Waals surface area contributed by atoms with Crippen molar-refractivity contribution in [2.24, 2.45) is 11.8 Å². The van der Waals surface area contributed by atoms with Crippen LogP contribution in [-0.2, 0) is 16.1 Å². The Bertz CT molecular complexity index is 772. The third kappa shape index (κ3) is 4.23. The largest absolute Gasteiger partial charge is 0.376 e. The van der Waals surface area contributed by atoms with Crippen LogP contribution in [0.2, 0.25) is 5.02 Å². The summed E-state index contributed by atoms with van der Waals surface area (Å²) in [6.45, 7) is 1.45. The molecule has 0 heterocycles. The molecule has 0 aliphatic heterocycles. The molecule has 0 radical (unpaired) electrons. The molecule has 1 N–H and O–H groups in total. The topological polar surface area (TPSA) is 38.3 Å². The Kier molecular flexibility index (Phi) is 4.78. The van der Waals surface area contributed by atoms with Gasteiger partial charge in [0.05, 0.1) is 6.61 Å². The molecule has 3 nitrogen and oxygen atoms in total. The monoisotopic (exact) mass is 355 g/mol. The van der Waals surface area contributed by atoms with Crippen LogP contribution in [0.25, 0.3) is 0 Å². The number of ether oxygens (including phenoxy) is 1. The molecule has 4 rings (SSSR count). The number of hydrogen-bond donors (Lipinski definition) is 1. The van der Waals surface area contributed by atoms with Crippen molar-refractivity contribution in [2.45, 2.75) is 31.8 Å². The van der Waals surface area contributed by atoms with E-state index in [-0.39, 0.29) is 17.7 Å². The lowest BCUT2D eigenvalue weighted by Gasteiger charge is -2.08. The third-order valence-electron chi connectivity index (χ3n) is 4.95. The highest BCUT2D eigenvalue weighted by molar-refractivity contribution is 6.31. The number of hydrogen-bond acceptors (Lipinski definition) is 2. The van der Waals surface area contributed by atoms with Gasteiger partial charge >= 0.3 is 0 Å². The summed E-state index contributed by atoms with van der Waals surface area (Å²) < 4.78 is 5.72. The second kappa shape index (κ2) is 7.19. The predicted octanol–water partition coefficient (Wildman–Crippen LogP) is 5.01. The zero-order valence-corrected chi connectivity index (χ0v) is 14.8. The molecule has 2 fully saturated rings. The summed E-state index contributed by atoms with van der Waals surface area (Å²) in [5.74, 6) is 1.08. The minimum Gasteiger partial charge on any atom is -0.376 e. The summed E-state index contributed by atoms with van der Waals surface area (Å²) in [5.41, 5.74) is 3.01. The van der Waals surface area contributed by atoms with Crippen molar-refractivity contribution >= 4 is 23.2 Å². The fraction of sp³-hybridized carbons (Fsp3) is 0.381. The quantitative estimate of drug-likeness (QED) is 0.758. The normalized spacial score (nSPS) is 21.8. The number of carbonyl (C=O) groups is 1. The first-order valence-corrected chi connectivity index (χ1v) is 9.30. The Balaban J connectivity index is 1.33. The van der Waals surface area contributed by atoms with E-state index in [1.807, 2.05) is 48.5 Å². The Labute approximate surface area is 153 Å². The molecule has 2 atom stereocenters. The number of benzene rings is 2. The molecule has 2 aromatic rings.